The molecule has 4 aromatic rings. The Morgan fingerprint density at radius 2 is 1.20 bits per heavy atom. The first-order valence-electron chi connectivity index (χ1n) is 18.8. The van der Waals surface area contributed by atoms with Crippen LogP contribution in [0.4, 0.5) is 5.69 Å². The Morgan fingerprint density at radius 3 is 1.76 bits per heavy atom. The van der Waals surface area contributed by atoms with Gasteiger partial charge in [-0.3, -0.25) is 38.9 Å². The van der Waals surface area contributed by atoms with Crippen LogP contribution < -0.4 is 5.32 Å². The second-order valence-electron chi connectivity index (χ2n) is 14.8. The standard InChI is InChI=1S/C43H49N5O6/c1-26-19-36(44-22-31(26)24-47-17-7-5-15-38(47)42(51)52)40(49)21-30-11-9-12-33(28(30)3)34-13-10-14-35(29(34)4)46-41(50)37-20-27(2)32(23-45-37)25-48-18-8-6-16-39(48)43(53)54/h9-14,19-20,22-23,38-39H,5-8,15-18,21,24-25H2,1-4H3,(H,46,50)(H,51,52)(H,53,54)/t38-,39-/m0/s1. The molecule has 54 heavy (non-hydrogen) atoms. The van der Waals surface area contributed by atoms with Crippen molar-refractivity contribution in [2.24, 2.45) is 0 Å². The molecule has 11 heteroatoms. The molecule has 2 aromatic heterocycles. The fourth-order valence-electron chi connectivity index (χ4n) is 7.81. The number of piperidine rings is 2. The second kappa shape index (κ2) is 16.8. The average molecular weight is 732 g/mol. The summed E-state index contributed by atoms with van der Waals surface area (Å²) in [5.41, 5.74) is 9.53. The van der Waals surface area contributed by atoms with Gasteiger partial charge in [0.25, 0.3) is 5.91 Å². The van der Waals surface area contributed by atoms with Gasteiger partial charge in [0.1, 0.15) is 23.5 Å². The van der Waals surface area contributed by atoms with E-state index in [0.29, 0.717) is 37.3 Å². The zero-order valence-electron chi connectivity index (χ0n) is 31.5. The number of aromatic nitrogens is 2. The third kappa shape index (κ3) is 8.58. The molecule has 0 saturated carbocycles. The summed E-state index contributed by atoms with van der Waals surface area (Å²) in [7, 11) is 0. The number of nitrogens with one attached hydrogen (secondary N) is 1. The number of benzene rings is 2. The number of pyridine rings is 2. The molecule has 2 aliphatic rings. The third-order valence-corrected chi connectivity index (χ3v) is 11.2. The molecule has 2 fully saturated rings. The number of rotatable bonds is 12. The third-order valence-electron chi connectivity index (χ3n) is 11.2. The van der Waals surface area contributed by atoms with Crippen molar-refractivity contribution in [3.8, 4) is 11.1 Å². The van der Waals surface area contributed by atoms with Gasteiger partial charge in [-0.05, 0) is 135 Å². The number of ketones is 1. The van der Waals surface area contributed by atoms with Crippen molar-refractivity contribution in [1.29, 1.82) is 0 Å². The molecule has 0 aliphatic carbocycles. The molecule has 2 aromatic carbocycles. The van der Waals surface area contributed by atoms with E-state index in [0.717, 1.165) is 88.8 Å². The van der Waals surface area contributed by atoms with E-state index in [1.165, 1.54) is 0 Å². The Bertz CT molecular complexity index is 1930. The lowest BCUT2D eigenvalue weighted by atomic mass is 9.91. The van der Waals surface area contributed by atoms with Gasteiger partial charge in [0.05, 0.1) is 0 Å². The Morgan fingerprint density at radius 1 is 0.685 bits per heavy atom. The van der Waals surface area contributed by atoms with E-state index < -0.39 is 24.0 Å². The molecule has 2 saturated heterocycles. The lowest BCUT2D eigenvalue weighted by Gasteiger charge is -2.33. The number of nitrogens with zero attached hydrogens (tertiary/aromatic N) is 4. The van der Waals surface area contributed by atoms with Crippen LogP contribution in [-0.4, -0.2) is 78.8 Å². The van der Waals surface area contributed by atoms with Crippen LogP contribution in [0.25, 0.3) is 11.1 Å². The molecule has 0 radical (unpaired) electrons. The maximum Gasteiger partial charge on any atom is 0.320 e. The summed E-state index contributed by atoms with van der Waals surface area (Å²) in [5.74, 6) is -2.04. The Kier molecular flexibility index (Phi) is 12.0. The summed E-state index contributed by atoms with van der Waals surface area (Å²) < 4.78 is 0. The van der Waals surface area contributed by atoms with Gasteiger partial charge in [0.15, 0.2) is 5.78 Å². The Hall–Kier alpha value is -5.26. The first-order valence-corrected chi connectivity index (χ1v) is 18.8. The van der Waals surface area contributed by atoms with Gasteiger partial charge in [-0.2, -0.15) is 0 Å². The minimum Gasteiger partial charge on any atom is -0.480 e. The van der Waals surface area contributed by atoms with Crippen LogP contribution in [0, 0.1) is 27.7 Å². The molecule has 0 bridgehead atoms. The van der Waals surface area contributed by atoms with Crippen molar-refractivity contribution in [3.05, 3.63) is 111 Å². The highest BCUT2D eigenvalue weighted by Crippen LogP contribution is 2.33. The van der Waals surface area contributed by atoms with E-state index in [2.05, 4.69) is 15.3 Å². The fraction of sp³-hybridized carbons (Fsp3) is 0.395. The summed E-state index contributed by atoms with van der Waals surface area (Å²) in [6.45, 7) is 10.2. The van der Waals surface area contributed by atoms with Crippen LogP contribution in [0.3, 0.4) is 0 Å². The van der Waals surface area contributed by atoms with Crippen LogP contribution in [-0.2, 0) is 29.1 Å². The zero-order chi connectivity index (χ0) is 38.5. The highest BCUT2D eigenvalue weighted by Gasteiger charge is 2.30. The van der Waals surface area contributed by atoms with Gasteiger partial charge in [-0.15, -0.1) is 0 Å². The van der Waals surface area contributed by atoms with E-state index in [4.69, 9.17) is 0 Å². The SMILES string of the molecule is Cc1cc(C(=O)Cc2cccc(-c3cccc(NC(=O)c4cc(C)c(CN5CCCC[C@H]5C(=O)O)cn4)c3C)c2C)ncc1CN1CCCC[C@H]1C(=O)O. The number of aryl methyl sites for hydroxylation is 2. The molecule has 3 N–H and O–H groups in total. The molecule has 6 rings (SSSR count). The van der Waals surface area contributed by atoms with Crippen molar-refractivity contribution in [2.45, 2.75) is 97.8 Å². The maximum absolute atomic E-state index is 13.5. The van der Waals surface area contributed by atoms with Gasteiger partial charge < -0.3 is 15.5 Å². The number of Topliss-reactive ketones (excluding diaryl/α,β-unsaturated/α-hetero) is 1. The summed E-state index contributed by atoms with van der Waals surface area (Å²) >= 11 is 0. The smallest absolute Gasteiger partial charge is 0.320 e. The summed E-state index contributed by atoms with van der Waals surface area (Å²) in [6.07, 6.45) is 8.57. The number of amides is 1. The Labute approximate surface area is 316 Å². The largest absolute Gasteiger partial charge is 0.480 e. The van der Waals surface area contributed by atoms with Crippen LogP contribution >= 0.6 is 0 Å². The molecule has 11 nitrogen and oxygen atoms in total. The van der Waals surface area contributed by atoms with E-state index in [9.17, 15) is 29.4 Å². The van der Waals surface area contributed by atoms with Crippen molar-refractivity contribution in [1.82, 2.24) is 19.8 Å². The second-order valence-corrected chi connectivity index (χ2v) is 14.8. The average Bonchev–Trinajstić information content (AvgIpc) is 3.15. The number of carboxylic acids is 2. The monoisotopic (exact) mass is 731 g/mol. The number of carbonyl (C=O) groups excluding carboxylic acids is 2. The molecular weight excluding hydrogens is 683 g/mol. The maximum atomic E-state index is 13.5. The van der Waals surface area contributed by atoms with Gasteiger partial charge in [-0.25, -0.2) is 0 Å². The first kappa shape index (κ1) is 38.5. The fourth-order valence-corrected chi connectivity index (χ4v) is 7.81. The number of carboxylic acid groups (broad SMARTS) is 2. The van der Waals surface area contributed by atoms with Crippen molar-refractivity contribution >= 4 is 29.3 Å². The molecule has 0 unspecified atom stereocenters. The van der Waals surface area contributed by atoms with E-state index in [-0.39, 0.29) is 23.8 Å². The number of hydrogen-bond acceptors (Lipinski definition) is 8. The predicted octanol–water partition coefficient (Wildman–Crippen LogP) is 6.93. The van der Waals surface area contributed by atoms with E-state index in [1.807, 2.05) is 73.9 Å². The van der Waals surface area contributed by atoms with Crippen molar-refractivity contribution in [2.75, 3.05) is 18.4 Å². The lowest BCUT2D eigenvalue weighted by molar-refractivity contribution is -0.145. The minimum atomic E-state index is -0.804. The highest BCUT2D eigenvalue weighted by atomic mass is 16.4. The van der Waals surface area contributed by atoms with Gasteiger partial charge in [-0.1, -0.05) is 43.2 Å². The molecule has 2 aliphatic heterocycles. The summed E-state index contributed by atoms with van der Waals surface area (Å²) in [4.78, 5) is 63.5. The van der Waals surface area contributed by atoms with Gasteiger partial charge in [0, 0.05) is 37.6 Å². The quantitative estimate of drug-likeness (QED) is 0.131. The first-order chi connectivity index (χ1) is 25.9. The van der Waals surface area contributed by atoms with Crippen LogP contribution in [0.1, 0.15) is 98.4 Å². The number of likely N-dealkylation sites (tertiary alicyclic amines) is 2. The van der Waals surface area contributed by atoms with Crippen LogP contribution in [0.2, 0.25) is 0 Å². The normalized spacial score (nSPS) is 17.9. The molecular formula is C43H49N5O6. The number of aliphatic carboxylic acids is 2. The molecule has 4 heterocycles. The number of carbonyl (C=O) groups is 4. The van der Waals surface area contributed by atoms with Crippen molar-refractivity contribution in [3.63, 3.8) is 0 Å². The molecule has 0 spiro atoms. The molecule has 2 atom stereocenters. The lowest BCUT2D eigenvalue weighted by Crippen LogP contribution is -2.44. The van der Waals surface area contributed by atoms with Gasteiger partial charge in [0.2, 0.25) is 0 Å². The van der Waals surface area contributed by atoms with E-state index >= 15 is 0 Å². The zero-order valence-corrected chi connectivity index (χ0v) is 31.5. The van der Waals surface area contributed by atoms with Crippen LogP contribution in [0.5, 0.6) is 0 Å². The topological polar surface area (TPSA) is 153 Å². The summed E-state index contributed by atoms with van der Waals surface area (Å²) in [6, 6.07) is 14.2. The van der Waals surface area contributed by atoms with Gasteiger partial charge >= 0.3 is 11.9 Å². The number of anilines is 1. The van der Waals surface area contributed by atoms with Crippen molar-refractivity contribution < 1.29 is 29.4 Å². The minimum absolute atomic E-state index is 0.101. The van der Waals surface area contributed by atoms with E-state index in [1.54, 1.807) is 24.5 Å². The number of hydrogen-bond donors (Lipinski definition) is 3. The Balaban J connectivity index is 1.14. The van der Waals surface area contributed by atoms with Crippen LogP contribution in [0.15, 0.2) is 60.9 Å². The predicted molar refractivity (Wildman–Crippen MR) is 207 cm³/mol. The highest BCUT2D eigenvalue weighted by molar-refractivity contribution is 6.04. The summed E-state index contributed by atoms with van der Waals surface area (Å²) in [5, 5.41) is 22.4. The molecule has 282 valence electrons. The molecule has 1 amide bonds.